The number of likely N-dealkylation sites (N-methyl/N-ethyl adjacent to an activating group) is 1. The van der Waals surface area contributed by atoms with Gasteiger partial charge in [0.2, 0.25) is 17.6 Å². The average molecular weight is 433 g/mol. The lowest BCUT2D eigenvalue weighted by molar-refractivity contribution is -0.126. The minimum absolute atomic E-state index is 0.120. The molecule has 0 saturated carbocycles. The molecule has 0 aromatic carbocycles. The summed E-state index contributed by atoms with van der Waals surface area (Å²) in [6.07, 6.45) is 2.80. The Hall–Kier alpha value is -1.81. The summed E-state index contributed by atoms with van der Waals surface area (Å²) < 4.78 is 5.40. The fourth-order valence-corrected chi connectivity index (χ4v) is 4.75. The molecule has 2 aromatic heterocycles. The van der Waals surface area contributed by atoms with Crippen molar-refractivity contribution in [2.75, 3.05) is 59.4 Å². The van der Waals surface area contributed by atoms with Gasteiger partial charge in [0, 0.05) is 38.6 Å². The molecule has 2 aliphatic heterocycles. The predicted molar refractivity (Wildman–Crippen MR) is 117 cm³/mol. The number of thiophene rings is 1. The van der Waals surface area contributed by atoms with Crippen molar-refractivity contribution in [1.29, 1.82) is 0 Å². The number of carbonyl (C=O) groups excluding carboxylic acids is 1. The van der Waals surface area contributed by atoms with Gasteiger partial charge >= 0.3 is 0 Å². The van der Waals surface area contributed by atoms with E-state index >= 15 is 0 Å². The number of aromatic nitrogens is 2. The first-order valence-electron chi connectivity index (χ1n) is 10.9. The lowest BCUT2D eigenvalue weighted by atomic mass is 9.96. The fourth-order valence-electron chi connectivity index (χ4n) is 4.10. The Kier molecular flexibility index (Phi) is 7.48. The molecule has 2 fully saturated rings. The molecule has 0 atom stereocenters. The topological polar surface area (TPSA) is 77.7 Å². The maximum atomic E-state index is 12.5. The Labute approximate surface area is 182 Å². The van der Waals surface area contributed by atoms with E-state index in [2.05, 4.69) is 37.2 Å². The van der Waals surface area contributed by atoms with E-state index in [1.807, 2.05) is 17.5 Å². The number of hydrogen-bond donors (Lipinski definition) is 1. The maximum absolute atomic E-state index is 12.5. The highest BCUT2D eigenvalue weighted by Crippen LogP contribution is 2.23. The second kappa shape index (κ2) is 10.5. The van der Waals surface area contributed by atoms with Gasteiger partial charge in [-0.15, -0.1) is 11.3 Å². The summed E-state index contributed by atoms with van der Waals surface area (Å²) in [7, 11) is 2.17. The van der Waals surface area contributed by atoms with Crippen molar-refractivity contribution in [1.82, 2.24) is 30.2 Å². The minimum Gasteiger partial charge on any atom is -0.356 e. The van der Waals surface area contributed by atoms with Gasteiger partial charge in [-0.3, -0.25) is 9.69 Å². The van der Waals surface area contributed by atoms with Crippen molar-refractivity contribution < 1.29 is 9.32 Å². The molecule has 4 rings (SSSR count). The number of amides is 1. The molecule has 0 spiro atoms. The van der Waals surface area contributed by atoms with E-state index < -0.39 is 0 Å². The Bertz CT molecular complexity index is 779. The molecule has 8 nitrogen and oxygen atoms in total. The molecular formula is C21H32N6O2S. The monoisotopic (exact) mass is 432 g/mol. The molecule has 30 heavy (non-hydrogen) atoms. The lowest BCUT2D eigenvalue weighted by Crippen LogP contribution is -2.45. The number of rotatable bonds is 8. The highest BCUT2D eigenvalue weighted by molar-refractivity contribution is 7.13. The van der Waals surface area contributed by atoms with Gasteiger partial charge in [0.05, 0.1) is 11.4 Å². The van der Waals surface area contributed by atoms with Crippen LogP contribution in [-0.2, 0) is 11.3 Å². The van der Waals surface area contributed by atoms with Crippen LogP contribution in [0.3, 0.4) is 0 Å². The van der Waals surface area contributed by atoms with E-state index in [0.717, 1.165) is 76.5 Å². The summed E-state index contributed by atoms with van der Waals surface area (Å²) in [6, 6.07) is 3.98. The van der Waals surface area contributed by atoms with E-state index in [-0.39, 0.29) is 11.8 Å². The van der Waals surface area contributed by atoms with Crippen LogP contribution in [0.4, 0.5) is 0 Å². The third-order valence-corrected chi connectivity index (χ3v) is 6.94. The number of likely N-dealkylation sites (tertiary alicyclic amines) is 1. The first-order valence-corrected chi connectivity index (χ1v) is 11.8. The Morgan fingerprint density at radius 3 is 2.73 bits per heavy atom. The average Bonchev–Trinajstić information content (AvgIpc) is 3.45. The molecule has 0 unspecified atom stereocenters. The van der Waals surface area contributed by atoms with E-state index in [0.29, 0.717) is 18.3 Å². The molecular weight excluding hydrogens is 400 g/mol. The van der Waals surface area contributed by atoms with Crippen LogP contribution in [0.5, 0.6) is 0 Å². The van der Waals surface area contributed by atoms with Crippen LogP contribution in [0.15, 0.2) is 22.0 Å². The first-order chi connectivity index (χ1) is 14.7. The van der Waals surface area contributed by atoms with Crippen LogP contribution < -0.4 is 5.32 Å². The van der Waals surface area contributed by atoms with E-state index in [1.54, 1.807) is 11.3 Å². The third-order valence-electron chi connectivity index (χ3n) is 6.07. The van der Waals surface area contributed by atoms with Crippen molar-refractivity contribution in [2.45, 2.75) is 25.8 Å². The molecule has 4 heterocycles. The molecule has 0 bridgehead atoms. The molecule has 2 aromatic rings. The molecule has 0 aliphatic carbocycles. The van der Waals surface area contributed by atoms with Crippen LogP contribution in [0.2, 0.25) is 0 Å². The van der Waals surface area contributed by atoms with Gasteiger partial charge in [-0.05, 0) is 57.4 Å². The van der Waals surface area contributed by atoms with Crippen LogP contribution in [-0.4, -0.2) is 90.2 Å². The zero-order chi connectivity index (χ0) is 20.8. The fraction of sp³-hybridized carbons (Fsp3) is 0.667. The lowest BCUT2D eigenvalue weighted by Gasteiger charge is -2.32. The normalized spacial score (nSPS) is 19.9. The van der Waals surface area contributed by atoms with Gasteiger partial charge in [-0.1, -0.05) is 11.2 Å². The largest absolute Gasteiger partial charge is 0.356 e. The van der Waals surface area contributed by atoms with Crippen molar-refractivity contribution in [3.8, 4) is 10.7 Å². The molecule has 2 aliphatic rings. The molecule has 0 radical (unpaired) electrons. The molecule has 9 heteroatoms. The quantitative estimate of drug-likeness (QED) is 0.637. The number of nitrogens with one attached hydrogen (secondary N) is 1. The molecule has 1 N–H and O–H groups in total. The highest BCUT2D eigenvalue weighted by Gasteiger charge is 2.26. The first kappa shape index (κ1) is 21.4. The standard InChI is InChI=1S/C21H32N6O2S/c1-25-11-13-26(14-12-25)8-3-7-22-21(28)17-5-9-27(10-6-17)16-19-23-20(24-29-19)18-4-2-15-30-18/h2,4,15,17H,3,5-14,16H2,1H3,(H,22,28). The van der Waals surface area contributed by atoms with E-state index in [4.69, 9.17) is 4.52 Å². The van der Waals surface area contributed by atoms with Crippen LogP contribution in [0.1, 0.15) is 25.2 Å². The highest BCUT2D eigenvalue weighted by atomic mass is 32.1. The predicted octanol–water partition coefficient (Wildman–Crippen LogP) is 1.76. The van der Waals surface area contributed by atoms with E-state index in [1.165, 1.54) is 0 Å². The Morgan fingerprint density at radius 2 is 2.00 bits per heavy atom. The SMILES string of the molecule is CN1CCN(CCCNC(=O)C2CCN(Cc3nc(-c4cccs4)no3)CC2)CC1. The summed E-state index contributed by atoms with van der Waals surface area (Å²) >= 11 is 1.61. The maximum Gasteiger partial charge on any atom is 0.241 e. The Morgan fingerprint density at radius 1 is 1.20 bits per heavy atom. The van der Waals surface area contributed by atoms with Crippen LogP contribution in [0, 0.1) is 5.92 Å². The zero-order valence-electron chi connectivity index (χ0n) is 17.8. The summed E-state index contributed by atoms with van der Waals surface area (Å²) in [6.45, 7) is 8.83. The number of piperidine rings is 1. The second-order valence-corrected chi connectivity index (χ2v) is 9.28. The molecule has 1 amide bonds. The van der Waals surface area contributed by atoms with Crippen molar-refractivity contribution in [3.63, 3.8) is 0 Å². The van der Waals surface area contributed by atoms with Crippen molar-refractivity contribution in [3.05, 3.63) is 23.4 Å². The summed E-state index contributed by atoms with van der Waals surface area (Å²) in [4.78, 5) is 25.2. The third kappa shape index (κ3) is 5.87. The van der Waals surface area contributed by atoms with Gasteiger partial charge in [-0.25, -0.2) is 0 Å². The second-order valence-electron chi connectivity index (χ2n) is 8.33. The molecule has 164 valence electrons. The summed E-state index contributed by atoms with van der Waals surface area (Å²) in [5, 5.41) is 9.23. The number of nitrogens with zero attached hydrogens (tertiary/aromatic N) is 5. The number of carbonyl (C=O) groups is 1. The smallest absolute Gasteiger partial charge is 0.241 e. The van der Waals surface area contributed by atoms with Gasteiger partial charge in [0.15, 0.2) is 0 Å². The van der Waals surface area contributed by atoms with E-state index in [9.17, 15) is 4.79 Å². The van der Waals surface area contributed by atoms with Crippen molar-refractivity contribution in [2.24, 2.45) is 5.92 Å². The Balaban J connectivity index is 1.12. The van der Waals surface area contributed by atoms with Gasteiger partial charge in [-0.2, -0.15) is 4.98 Å². The number of piperazine rings is 1. The van der Waals surface area contributed by atoms with Crippen LogP contribution >= 0.6 is 11.3 Å². The zero-order valence-corrected chi connectivity index (χ0v) is 18.6. The van der Waals surface area contributed by atoms with Gasteiger partial charge in [0.1, 0.15) is 0 Å². The summed E-state index contributed by atoms with van der Waals surface area (Å²) in [5.74, 6) is 1.64. The summed E-state index contributed by atoms with van der Waals surface area (Å²) in [5.41, 5.74) is 0. The van der Waals surface area contributed by atoms with Crippen LogP contribution in [0.25, 0.3) is 10.7 Å². The molecule has 2 saturated heterocycles. The minimum atomic E-state index is 0.120. The van der Waals surface area contributed by atoms with Gasteiger partial charge in [0.25, 0.3) is 0 Å². The van der Waals surface area contributed by atoms with Crippen molar-refractivity contribution >= 4 is 17.2 Å². The van der Waals surface area contributed by atoms with Gasteiger partial charge < -0.3 is 19.6 Å². The number of hydrogen-bond acceptors (Lipinski definition) is 8.